The van der Waals surface area contributed by atoms with E-state index in [0.717, 1.165) is 17.5 Å². The Morgan fingerprint density at radius 3 is 1.98 bits per heavy atom. The number of aromatic nitrogens is 1. The van der Waals surface area contributed by atoms with Crippen molar-refractivity contribution < 1.29 is 41.0 Å². The molecular formula is C36H42F3N5O6S2. The second-order valence-electron chi connectivity index (χ2n) is 13.2. The summed E-state index contributed by atoms with van der Waals surface area (Å²) in [5, 5.41) is 14.7. The molecule has 52 heavy (non-hydrogen) atoms. The third kappa shape index (κ3) is 10.1. The Balaban J connectivity index is 1.74. The zero-order chi connectivity index (χ0) is 38.3. The van der Waals surface area contributed by atoms with E-state index in [-0.39, 0.29) is 32.4 Å². The number of amides is 2. The van der Waals surface area contributed by atoms with E-state index < -0.39 is 58.9 Å². The molecule has 2 aromatic carbocycles. The molecule has 16 heteroatoms. The number of aliphatic hydroxyl groups is 1. The molecule has 0 saturated carbocycles. The topological polar surface area (TPSA) is 164 Å². The van der Waals surface area contributed by atoms with Gasteiger partial charge >= 0.3 is 12.3 Å². The van der Waals surface area contributed by atoms with Gasteiger partial charge in [0, 0.05) is 22.2 Å². The fraction of sp³-hybridized carbons (Fsp3) is 0.361. The summed E-state index contributed by atoms with van der Waals surface area (Å²) in [6, 6.07) is 16.7. The monoisotopic (exact) mass is 761 g/mol. The molecule has 2 aromatic heterocycles. The van der Waals surface area contributed by atoms with E-state index in [1.807, 2.05) is 20.8 Å². The van der Waals surface area contributed by atoms with Crippen LogP contribution >= 0.6 is 11.3 Å². The van der Waals surface area contributed by atoms with Crippen LogP contribution in [0.4, 0.5) is 23.7 Å². The van der Waals surface area contributed by atoms with Crippen LogP contribution in [0.5, 0.6) is 0 Å². The van der Waals surface area contributed by atoms with E-state index in [1.54, 1.807) is 60.7 Å². The van der Waals surface area contributed by atoms with Crippen LogP contribution < -0.4 is 16.4 Å². The molecule has 0 radical (unpaired) electrons. The first kappa shape index (κ1) is 40.3. The number of nitrogens with two attached hydrogens (primary N) is 1. The van der Waals surface area contributed by atoms with Gasteiger partial charge in [0.1, 0.15) is 6.04 Å². The standard InChI is InChI=1S/C36H42F3N5O6S2/c1-35(2,3)19-20-44(52(48,49)29-18-15-25(40)21-41-29)26(22-45)27-16-17-28(51-27)32(36(37,38)39)43-33(46)31(42-34(47)50-4)30(23-11-7-5-8-12-23)24-13-9-6-10-14-24/h5-18,21,26,30-32,45H,19-20,22,40H2,1-4H3,(H,42,47)(H,43,46)/t26-,31+,32-/m1/s1. The molecule has 0 unspecified atom stereocenters. The van der Waals surface area contributed by atoms with Gasteiger partial charge in [-0.1, -0.05) is 81.4 Å². The number of nitrogens with one attached hydrogen (secondary N) is 2. The fourth-order valence-corrected chi connectivity index (χ4v) is 8.28. The fourth-order valence-electron chi connectivity index (χ4n) is 5.51. The van der Waals surface area contributed by atoms with Gasteiger partial charge in [-0.3, -0.25) is 4.79 Å². The second-order valence-corrected chi connectivity index (χ2v) is 16.2. The maximum atomic E-state index is 14.9. The number of anilines is 1. The van der Waals surface area contributed by atoms with E-state index in [4.69, 9.17) is 10.5 Å². The number of ether oxygens (including phenoxy) is 1. The number of halogens is 3. The Bertz CT molecular complexity index is 1850. The zero-order valence-electron chi connectivity index (χ0n) is 29.0. The number of nitrogens with zero attached hydrogens (tertiary/aromatic N) is 2. The summed E-state index contributed by atoms with van der Waals surface area (Å²) >= 11 is 0.596. The van der Waals surface area contributed by atoms with Crippen molar-refractivity contribution in [2.75, 3.05) is 26.0 Å². The highest BCUT2D eigenvalue weighted by molar-refractivity contribution is 7.89. The van der Waals surface area contributed by atoms with E-state index in [2.05, 4.69) is 15.6 Å². The second kappa shape index (κ2) is 16.9. The van der Waals surface area contributed by atoms with Gasteiger partial charge in [-0.25, -0.2) is 18.2 Å². The third-order valence-corrected chi connectivity index (χ3v) is 11.3. The van der Waals surface area contributed by atoms with Gasteiger partial charge in [0.25, 0.3) is 10.0 Å². The number of sulfonamides is 1. The van der Waals surface area contributed by atoms with Crippen LogP contribution in [0.1, 0.15) is 66.1 Å². The Morgan fingerprint density at radius 2 is 1.50 bits per heavy atom. The quantitative estimate of drug-likeness (QED) is 0.119. The van der Waals surface area contributed by atoms with Crippen molar-refractivity contribution in [3.05, 3.63) is 112 Å². The van der Waals surface area contributed by atoms with Crippen molar-refractivity contribution in [3.8, 4) is 0 Å². The maximum Gasteiger partial charge on any atom is 0.413 e. The van der Waals surface area contributed by atoms with Gasteiger partial charge < -0.3 is 26.2 Å². The summed E-state index contributed by atoms with van der Waals surface area (Å²) < 4.78 is 78.1. The zero-order valence-corrected chi connectivity index (χ0v) is 30.6. The van der Waals surface area contributed by atoms with Crippen LogP contribution in [0.2, 0.25) is 0 Å². The Morgan fingerprint density at radius 1 is 0.923 bits per heavy atom. The number of benzene rings is 2. The number of rotatable bonds is 14. The van der Waals surface area contributed by atoms with Crippen molar-refractivity contribution in [1.29, 1.82) is 0 Å². The lowest BCUT2D eigenvalue weighted by Gasteiger charge is -2.31. The van der Waals surface area contributed by atoms with Crippen molar-refractivity contribution >= 4 is 39.0 Å². The van der Waals surface area contributed by atoms with E-state index >= 15 is 0 Å². The summed E-state index contributed by atoms with van der Waals surface area (Å²) in [6.07, 6.45) is -4.54. The maximum absolute atomic E-state index is 14.9. The van der Waals surface area contributed by atoms with Gasteiger partial charge in [-0.15, -0.1) is 11.3 Å². The molecule has 2 heterocycles. The molecule has 0 saturated heterocycles. The van der Waals surface area contributed by atoms with E-state index in [1.165, 1.54) is 24.4 Å². The summed E-state index contributed by atoms with van der Waals surface area (Å²) in [5.74, 6) is -2.07. The lowest BCUT2D eigenvalue weighted by molar-refractivity contribution is -0.163. The van der Waals surface area contributed by atoms with Crippen molar-refractivity contribution in [1.82, 2.24) is 19.9 Å². The van der Waals surface area contributed by atoms with Crippen LogP contribution in [0.3, 0.4) is 0 Å². The number of nitrogen functional groups attached to an aromatic ring is 1. The smallest absolute Gasteiger partial charge is 0.413 e. The Kier molecular flexibility index (Phi) is 13.1. The number of carbonyl (C=O) groups is 2. The van der Waals surface area contributed by atoms with Crippen LogP contribution in [0.15, 0.2) is 96.2 Å². The van der Waals surface area contributed by atoms with Crippen molar-refractivity contribution in [3.63, 3.8) is 0 Å². The van der Waals surface area contributed by atoms with Crippen LogP contribution in [0.25, 0.3) is 0 Å². The SMILES string of the molecule is COC(=O)N[C@H](C(=O)N[C@H](c1ccc([C@@H](CO)N(CCC(C)(C)C)S(=O)(=O)c2ccc(N)cn2)s1)C(F)(F)F)C(c1ccccc1)c1ccccc1. The molecule has 3 atom stereocenters. The molecule has 5 N–H and O–H groups in total. The van der Waals surface area contributed by atoms with Crippen LogP contribution in [0, 0.1) is 5.41 Å². The Labute approximate surface area is 305 Å². The first-order valence-electron chi connectivity index (χ1n) is 16.2. The minimum Gasteiger partial charge on any atom is -0.453 e. The minimum absolute atomic E-state index is 0.0863. The van der Waals surface area contributed by atoms with Gasteiger partial charge in [-0.2, -0.15) is 17.5 Å². The first-order chi connectivity index (χ1) is 24.5. The summed E-state index contributed by atoms with van der Waals surface area (Å²) in [4.78, 5) is 30.2. The minimum atomic E-state index is -5.02. The molecule has 11 nitrogen and oxygen atoms in total. The average Bonchev–Trinajstić information content (AvgIpc) is 3.57. The molecule has 4 aromatic rings. The Hall–Kier alpha value is -4.51. The lowest BCUT2D eigenvalue weighted by atomic mass is 9.84. The number of hydrogen-bond donors (Lipinski definition) is 4. The first-order valence-corrected chi connectivity index (χ1v) is 18.5. The molecule has 0 bridgehead atoms. The van der Waals surface area contributed by atoms with Gasteiger partial charge in [0.15, 0.2) is 11.1 Å². The number of alkyl carbamates (subject to hydrolysis) is 1. The van der Waals surface area contributed by atoms with E-state index in [9.17, 15) is 36.3 Å². The number of aliphatic hydroxyl groups excluding tert-OH is 1. The summed E-state index contributed by atoms with van der Waals surface area (Å²) in [5.41, 5.74) is 6.68. The molecule has 2 amide bonds. The molecule has 0 aliphatic heterocycles. The van der Waals surface area contributed by atoms with Gasteiger partial charge in [-0.05, 0) is 47.2 Å². The predicted molar refractivity (Wildman–Crippen MR) is 192 cm³/mol. The predicted octanol–water partition coefficient (Wildman–Crippen LogP) is 6.16. The highest BCUT2D eigenvalue weighted by Crippen LogP contribution is 2.40. The normalized spacial score (nSPS) is 14.1. The number of alkyl halides is 3. The van der Waals surface area contributed by atoms with Crippen LogP contribution in [-0.2, 0) is 19.6 Å². The van der Waals surface area contributed by atoms with Gasteiger partial charge in [0.2, 0.25) is 5.91 Å². The molecule has 0 aliphatic carbocycles. The molecular weight excluding hydrogens is 720 g/mol. The molecule has 0 spiro atoms. The molecule has 0 fully saturated rings. The van der Waals surface area contributed by atoms with E-state index in [0.29, 0.717) is 28.9 Å². The number of hydrogen-bond acceptors (Lipinski definition) is 9. The lowest BCUT2D eigenvalue weighted by Crippen LogP contribution is -2.52. The number of methoxy groups -OCH3 is 1. The third-order valence-electron chi connectivity index (χ3n) is 8.20. The molecule has 4 rings (SSSR count). The van der Waals surface area contributed by atoms with Crippen molar-refractivity contribution in [2.24, 2.45) is 5.41 Å². The average molecular weight is 762 g/mol. The summed E-state index contributed by atoms with van der Waals surface area (Å²) in [6.45, 7) is 4.85. The largest absolute Gasteiger partial charge is 0.453 e. The number of thiophene rings is 1. The molecule has 0 aliphatic rings. The number of carbonyl (C=O) groups excluding carboxylic acids is 2. The van der Waals surface area contributed by atoms with Crippen LogP contribution in [-0.4, -0.2) is 67.3 Å². The molecule has 280 valence electrons. The highest BCUT2D eigenvalue weighted by Gasteiger charge is 2.46. The van der Waals surface area contributed by atoms with Crippen molar-refractivity contribution in [2.45, 2.75) is 62.4 Å². The van der Waals surface area contributed by atoms with Gasteiger partial charge in [0.05, 0.1) is 31.6 Å². The highest BCUT2D eigenvalue weighted by atomic mass is 32.2. The number of pyridine rings is 1. The summed E-state index contributed by atoms with van der Waals surface area (Å²) in [7, 11) is -3.31.